The Kier molecular flexibility index (Phi) is 7.80. The molecule has 2 aromatic carbocycles. The van der Waals surface area contributed by atoms with Crippen molar-refractivity contribution in [1.82, 2.24) is 20.4 Å². The summed E-state index contributed by atoms with van der Waals surface area (Å²) in [5, 5.41) is 10.5. The number of amides is 3. The van der Waals surface area contributed by atoms with E-state index in [2.05, 4.69) is 20.8 Å². The number of hydrogen-bond acceptors (Lipinski definition) is 5. The fraction of sp³-hybridized carbons (Fsp3) is 0.360. The van der Waals surface area contributed by atoms with Crippen LogP contribution in [0.1, 0.15) is 48.3 Å². The van der Waals surface area contributed by atoms with Crippen LogP contribution in [0.15, 0.2) is 53.1 Å². The van der Waals surface area contributed by atoms with E-state index in [0.717, 1.165) is 18.4 Å². The van der Waals surface area contributed by atoms with Crippen LogP contribution in [0.3, 0.4) is 0 Å². The van der Waals surface area contributed by atoms with Crippen LogP contribution >= 0.6 is 11.6 Å². The smallest absolute Gasteiger partial charge is 0.321 e. The maximum Gasteiger partial charge on any atom is 0.321 e. The quantitative estimate of drug-likeness (QED) is 0.485. The Morgan fingerprint density at radius 1 is 1.06 bits per heavy atom. The highest BCUT2D eigenvalue weighted by atomic mass is 35.5. The third kappa shape index (κ3) is 6.35. The van der Waals surface area contributed by atoms with Gasteiger partial charge >= 0.3 is 6.03 Å². The highest BCUT2D eigenvalue weighted by Crippen LogP contribution is 2.20. The lowest BCUT2D eigenvalue weighted by Gasteiger charge is -2.22. The molecule has 1 aliphatic rings. The van der Waals surface area contributed by atoms with Gasteiger partial charge in [-0.3, -0.25) is 4.79 Å². The third-order valence-electron chi connectivity index (χ3n) is 5.92. The van der Waals surface area contributed by atoms with Crippen LogP contribution < -0.4 is 10.6 Å². The molecule has 0 bridgehead atoms. The maximum atomic E-state index is 12.5. The Labute approximate surface area is 203 Å². The van der Waals surface area contributed by atoms with Crippen molar-refractivity contribution in [1.29, 1.82) is 0 Å². The van der Waals surface area contributed by atoms with Crippen molar-refractivity contribution in [2.45, 2.75) is 44.6 Å². The van der Waals surface area contributed by atoms with Crippen LogP contribution in [0.25, 0.3) is 11.5 Å². The largest absolute Gasteiger partial charge is 0.349 e. The SMILES string of the molecule is CN(CCc1noc(-c2ccc(C(=O)NC3CCCCC3)cc2)n1)C(=O)Nc1ccc(Cl)cc1. The molecule has 1 saturated carbocycles. The number of nitrogens with zero attached hydrogens (tertiary/aromatic N) is 3. The Hall–Kier alpha value is -3.39. The number of nitrogens with one attached hydrogen (secondary N) is 2. The second-order valence-corrected chi connectivity index (χ2v) is 8.95. The van der Waals surface area contributed by atoms with Gasteiger partial charge < -0.3 is 20.1 Å². The van der Waals surface area contributed by atoms with E-state index in [1.807, 2.05) is 0 Å². The van der Waals surface area contributed by atoms with Gasteiger partial charge in [-0.05, 0) is 61.4 Å². The average molecular weight is 482 g/mol. The number of benzene rings is 2. The molecule has 2 N–H and O–H groups in total. The molecule has 1 fully saturated rings. The average Bonchev–Trinajstić information content (AvgIpc) is 3.34. The number of aromatic nitrogens is 2. The van der Waals surface area contributed by atoms with Crippen molar-refractivity contribution in [3.05, 3.63) is 64.9 Å². The summed E-state index contributed by atoms with van der Waals surface area (Å²) in [5.41, 5.74) is 2.02. The lowest BCUT2D eigenvalue weighted by Crippen LogP contribution is -2.36. The Balaban J connectivity index is 1.28. The van der Waals surface area contributed by atoms with Gasteiger partial charge in [-0.2, -0.15) is 4.98 Å². The number of urea groups is 1. The molecule has 1 aromatic heterocycles. The van der Waals surface area contributed by atoms with Crippen LogP contribution in [-0.2, 0) is 6.42 Å². The van der Waals surface area contributed by atoms with Gasteiger partial charge in [-0.1, -0.05) is 36.0 Å². The molecule has 0 atom stereocenters. The molecule has 1 aliphatic carbocycles. The number of rotatable bonds is 7. The number of carbonyl (C=O) groups excluding carboxylic acids is 2. The first-order valence-corrected chi connectivity index (χ1v) is 11.9. The minimum absolute atomic E-state index is 0.0513. The molecule has 4 rings (SSSR count). The number of likely N-dealkylation sites (N-methyl/N-ethyl adjacent to an activating group) is 1. The van der Waals surface area contributed by atoms with Crippen molar-refractivity contribution < 1.29 is 14.1 Å². The highest BCUT2D eigenvalue weighted by molar-refractivity contribution is 6.30. The molecule has 34 heavy (non-hydrogen) atoms. The lowest BCUT2D eigenvalue weighted by atomic mass is 9.95. The van der Waals surface area contributed by atoms with Crippen molar-refractivity contribution in [2.24, 2.45) is 0 Å². The number of anilines is 1. The summed E-state index contributed by atoms with van der Waals surface area (Å²) in [6.45, 7) is 0.415. The van der Waals surface area contributed by atoms with Gasteiger partial charge in [0, 0.05) is 47.9 Å². The minimum Gasteiger partial charge on any atom is -0.349 e. The van der Waals surface area contributed by atoms with E-state index in [0.29, 0.717) is 41.0 Å². The molecule has 3 aromatic rings. The van der Waals surface area contributed by atoms with E-state index in [4.69, 9.17) is 16.1 Å². The first-order chi connectivity index (χ1) is 16.5. The second kappa shape index (κ2) is 11.2. The molecule has 9 heteroatoms. The molecule has 0 saturated heterocycles. The van der Waals surface area contributed by atoms with E-state index < -0.39 is 0 Å². The fourth-order valence-corrected chi connectivity index (χ4v) is 4.00. The van der Waals surface area contributed by atoms with Crippen molar-refractivity contribution in [2.75, 3.05) is 18.9 Å². The standard InChI is InChI=1S/C25H28ClN5O3/c1-31(25(33)28-21-13-11-19(26)12-14-21)16-15-22-29-24(34-30-22)18-9-7-17(8-10-18)23(32)27-20-5-3-2-4-6-20/h7-14,20H,2-6,15-16H2,1H3,(H,27,32)(H,28,33). The molecule has 3 amide bonds. The zero-order valence-corrected chi connectivity index (χ0v) is 19.8. The van der Waals surface area contributed by atoms with E-state index in [-0.39, 0.29) is 18.0 Å². The zero-order chi connectivity index (χ0) is 23.9. The van der Waals surface area contributed by atoms with Crippen LogP contribution in [-0.4, -0.2) is 46.6 Å². The van der Waals surface area contributed by atoms with Gasteiger partial charge in [0.15, 0.2) is 5.82 Å². The van der Waals surface area contributed by atoms with E-state index in [1.54, 1.807) is 60.5 Å². The van der Waals surface area contributed by atoms with Gasteiger partial charge in [0.05, 0.1) is 0 Å². The topological polar surface area (TPSA) is 100 Å². The molecular weight excluding hydrogens is 454 g/mol. The molecule has 178 valence electrons. The molecule has 0 unspecified atom stereocenters. The highest BCUT2D eigenvalue weighted by Gasteiger charge is 2.17. The minimum atomic E-state index is -0.242. The van der Waals surface area contributed by atoms with Crippen LogP contribution in [0, 0.1) is 0 Å². The van der Waals surface area contributed by atoms with Gasteiger partial charge in [0.2, 0.25) is 0 Å². The zero-order valence-electron chi connectivity index (χ0n) is 19.1. The molecule has 0 spiro atoms. The van der Waals surface area contributed by atoms with Gasteiger partial charge in [-0.15, -0.1) is 0 Å². The summed E-state index contributed by atoms with van der Waals surface area (Å²) in [6, 6.07) is 14.1. The summed E-state index contributed by atoms with van der Waals surface area (Å²) in [6.07, 6.45) is 6.13. The summed E-state index contributed by atoms with van der Waals surface area (Å²) in [5.74, 6) is 0.826. The van der Waals surface area contributed by atoms with Gasteiger partial charge in [-0.25, -0.2) is 4.79 Å². The summed E-state index contributed by atoms with van der Waals surface area (Å²) >= 11 is 5.87. The molecular formula is C25H28ClN5O3. The monoisotopic (exact) mass is 481 g/mol. The maximum absolute atomic E-state index is 12.5. The van der Waals surface area contributed by atoms with Crippen LogP contribution in [0.2, 0.25) is 5.02 Å². The normalized spacial score (nSPS) is 13.9. The number of carbonyl (C=O) groups is 2. The number of halogens is 1. The van der Waals surface area contributed by atoms with E-state index in [9.17, 15) is 9.59 Å². The summed E-state index contributed by atoms with van der Waals surface area (Å²) in [7, 11) is 1.70. The Morgan fingerprint density at radius 3 is 2.47 bits per heavy atom. The molecule has 0 aliphatic heterocycles. The number of hydrogen-bond donors (Lipinski definition) is 2. The summed E-state index contributed by atoms with van der Waals surface area (Å²) < 4.78 is 5.38. The van der Waals surface area contributed by atoms with Crippen LogP contribution in [0.5, 0.6) is 0 Å². The predicted octanol–water partition coefficient (Wildman–Crippen LogP) is 5.16. The molecule has 1 heterocycles. The van der Waals surface area contributed by atoms with Gasteiger partial charge in [0.1, 0.15) is 0 Å². The van der Waals surface area contributed by atoms with Crippen LogP contribution in [0.4, 0.5) is 10.5 Å². The van der Waals surface area contributed by atoms with Crippen molar-refractivity contribution >= 4 is 29.2 Å². The first-order valence-electron chi connectivity index (χ1n) is 11.5. The Morgan fingerprint density at radius 2 is 1.76 bits per heavy atom. The summed E-state index contributed by atoms with van der Waals surface area (Å²) in [4.78, 5) is 30.8. The van der Waals surface area contributed by atoms with E-state index >= 15 is 0 Å². The second-order valence-electron chi connectivity index (χ2n) is 8.51. The van der Waals surface area contributed by atoms with Gasteiger partial charge in [0.25, 0.3) is 11.8 Å². The van der Waals surface area contributed by atoms with Crippen molar-refractivity contribution in [3.63, 3.8) is 0 Å². The lowest BCUT2D eigenvalue weighted by molar-refractivity contribution is 0.0927. The fourth-order valence-electron chi connectivity index (χ4n) is 3.87. The predicted molar refractivity (Wildman–Crippen MR) is 131 cm³/mol. The van der Waals surface area contributed by atoms with Crippen molar-refractivity contribution in [3.8, 4) is 11.5 Å². The molecule has 8 nitrogen and oxygen atoms in total. The first kappa shape index (κ1) is 23.8. The third-order valence-corrected chi connectivity index (χ3v) is 6.17. The van der Waals surface area contributed by atoms with E-state index in [1.165, 1.54) is 19.3 Å². The molecule has 0 radical (unpaired) electrons. The Bertz CT molecular complexity index is 1110.